The number of thiophene rings is 1. The van der Waals surface area contributed by atoms with E-state index in [2.05, 4.69) is 9.97 Å². The molecular weight excluding hydrogens is 717 g/mol. The van der Waals surface area contributed by atoms with Crippen molar-refractivity contribution in [3.05, 3.63) is 163 Å². The van der Waals surface area contributed by atoms with Crippen LogP contribution in [0, 0.1) is 0 Å². The zero-order chi connectivity index (χ0) is 37.8. The van der Waals surface area contributed by atoms with Gasteiger partial charge in [-0.3, -0.25) is 28.8 Å². The second-order valence-corrected chi connectivity index (χ2v) is 14.1. The molecule has 0 aliphatic carbocycles. The molecule has 5 aromatic rings. The molecule has 0 fully saturated rings. The molecule has 0 saturated heterocycles. The first kappa shape index (κ1) is 33.7. The molecule has 0 saturated carbocycles. The van der Waals surface area contributed by atoms with Gasteiger partial charge in [0.1, 0.15) is 5.69 Å². The molecule has 4 amide bonds. The Morgan fingerprint density at radius 2 is 0.818 bits per heavy atom. The van der Waals surface area contributed by atoms with E-state index >= 15 is 0 Å². The minimum absolute atomic E-state index is 0.0590. The summed E-state index contributed by atoms with van der Waals surface area (Å²) in [5.74, 6) is -0.236. The van der Waals surface area contributed by atoms with Crippen molar-refractivity contribution in [2.24, 2.45) is 0 Å². The Balaban J connectivity index is 0.000000110. The van der Waals surface area contributed by atoms with Gasteiger partial charge < -0.3 is 0 Å². The molecule has 1 aromatic heterocycles. The molecule has 6 aliphatic heterocycles. The van der Waals surface area contributed by atoms with E-state index in [1.165, 1.54) is 31.4 Å². The average molecular weight is 745 g/mol. The predicted molar refractivity (Wildman–Crippen MR) is 207 cm³/mol. The largest absolute Gasteiger partial charge is 0.320 e. The maximum atomic E-state index is 12.3. The lowest BCUT2D eigenvalue weighted by Crippen LogP contribution is -2.47. The standard InChI is InChI=1S/2C16H12N2O2.C10H4N2O2S/c2*19-15-9-11-5-1-3-7-13(11)17(15)18-14-8-4-2-6-12(14)10-16(18)20;13-9-8-6(12-10(9)14)4-5(11-8)7-2-1-3-15-7/h2*1-8H,9-10H2;1-4H. The molecule has 12 nitrogen and oxygen atoms in total. The summed E-state index contributed by atoms with van der Waals surface area (Å²) in [6.45, 7) is 0. The minimum Gasteiger partial charge on any atom is -0.281 e. The SMILES string of the molecule is O=C1Cc2ccccc2N1N1C(=O)Cc2ccccc21.O=C1Cc2ccccc2N1N1C(=O)Cc2ccccc21.O=c1nc2cc(-c3cccs3)nc-2c1=O. The van der Waals surface area contributed by atoms with Crippen LogP contribution in [0.5, 0.6) is 0 Å². The Kier molecular flexibility index (Phi) is 8.20. The number of nitrogens with zero attached hydrogens (tertiary/aromatic N) is 6. The fraction of sp³-hybridized carbons (Fsp3) is 0.0952. The minimum atomic E-state index is -0.717. The van der Waals surface area contributed by atoms with Crippen molar-refractivity contribution < 1.29 is 19.2 Å². The highest BCUT2D eigenvalue weighted by atomic mass is 32.1. The monoisotopic (exact) mass is 744 g/mol. The fourth-order valence-corrected chi connectivity index (χ4v) is 7.99. The Labute approximate surface area is 317 Å². The lowest BCUT2D eigenvalue weighted by molar-refractivity contribution is -0.122. The van der Waals surface area contributed by atoms with E-state index in [9.17, 15) is 28.8 Å². The van der Waals surface area contributed by atoms with Crippen molar-refractivity contribution in [1.29, 1.82) is 0 Å². The Hall–Kier alpha value is -7.12. The molecule has 0 bridgehead atoms. The van der Waals surface area contributed by atoms with Crippen LogP contribution in [0.3, 0.4) is 0 Å². The van der Waals surface area contributed by atoms with E-state index in [0.29, 0.717) is 37.1 Å². The van der Waals surface area contributed by atoms with Crippen LogP contribution in [0.25, 0.3) is 22.0 Å². The summed E-state index contributed by atoms with van der Waals surface area (Å²) in [7, 11) is 0. The predicted octanol–water partition coefficient (Wildman–Crippen LogP) is 5.07. The third-order valence-corrected chi connectivity index (χ3v) is 10.6. The van der Waals surface area contributed by atoms with Crippen molar-refractivity contribution in [2.75, 3.05) is 20.0 Å². The van der Waals surface area contributed by atoms with Crippen molar-refractivity contribution in [2.45, 2.75) is 25.7 Å². The van der Waals surface area contributed by atoms with E-state index in [0.717, 1.165) is 49.9 Å². The number of rotatable bonds is 3. The van der Waals surface area contributed by atoms with Gasteiger partial charge in [-0.2, -0.15) is 0 Å². The van der Waals surface area contributed by atoms with Gasteiger partial charge in [0.15, 0.2) is 0 Å². The highest BCUT2D eigenvalue weighted by Crippen LogP contribution is 2.38. The van der Waals surface area contributed by atoms with Gasteiger partial charge in [-0.05, 0) is 64.0 Å². The van der Waals surface area contributed by atoms with Crippen LogP contribution >= 0.6 is 11.3 Å². The maximum Gasteiger partial charge on any atom is 0.320 e. The fourth-order valence-electron chi connectivity index (χ4n) is 7.31. The van der Waals surface area contributed by atoms with Crippen molar-refractivity contribution in [1.82, 2.24) is 9.97 Å². The number of anilines is 4. The summed E-state index contributed by atoms with van der Waals surface area (Å²) in [6, 6.07) is 35.9. The number of hydrogen-bond donors (Lipinski definition) is 0. The van der Waals surface area contributed by atoms with Crippen LogP contribution < -0.4 is 31.0 Å². The van der Waals surface area contributed by atoms with Gasteiger partial charge in [0.05, 0.1) is 64.7 Å². The average Bonchev–Trinajstić information content (AvgIpc) is 4.05. The first-order valence-electron chi connectivity index (χ1n) is 17.4. The van der Waals surface area contributed by atoms with Crippen molar-refractivity contribution >= 4 is 57.7 Å². The number of hydrogen-bond acceptors (Lipinski definition) is 9. The lowest BCUT2D eigenvalue weighted by Gasteiger charge is -2.28. The maximum absolute atomic E-state index is 12.3. The van der Waals surface area contributed by atoms with E-state index in [4.69, 9.17) is 0 Å². The van der Waals surface area contributed by atoms with Crippen LogP contribution in [-0.2, 0) is 44.9 Å². The molecule has 268 valence electrons. The Morgan fingerprint density at radius 3 is 1.16 bits per heavy atom. The highest BCUT2D eigenvalue weighted by molar-refractivity contribution is 7.13. The first-order chi connectivity index (χ1) is 26.8. The molecule has 6 aliphatic rings. The van der Waals surface area contributed by atoms with Crippen LogP contribution in [0.1, 0.15) is 22.3 Å². The number of fused-ring (bicyclic) bond motifs is 5. The van der Waals surface area contributed by atoms with E-state index in [1.54, 1.807) is 6.07 Å². The molecule has 0 unspecified atom stereocenters. The van der Waals surface area contributed by atoms with Crippen molar-refractivity contribution in [3.8, 4) is 22.0 Å². The number of benzene rings is 4. The number of carbonyl (C=O) groups excluding carboxylic acids is 4. The van der Waals surface area contributed by atoms with Gasteiger partial charge in [0.2, 0.25) is 0 Å². The van der Waals surface area contributed by atoms with Gasteiger partial charge in [0, 0.05) is 0 Å². The van der Waals surface area contributed by atoms with Gasteiger partial charge in [-0.25, -0.2) is 30.0 Å². The van der Waals surface area contributed by atoms with Crippen LogP contribution in [-0.4, -0.2) is 33.6 Å². The van der Waals surface area contributed by atoms with Gasteiger partial charge in [-0.1, -0.05) is 78.9 Å². The van der Waals surface area contributed by atoms with Crippen LogP contribution in [0.2, 0.25) is 0 Å². The summed E-state index contributed by atoms with van der Waals surface area (Å²) in [5.41, 5.74) is 7.07. The molecule has 0 N–H and O–H groups in total. The van der Waals surface area contributed by atoms with Crippen LogP contribution in [0.4, 0.5) is 22.7 Å². The molecule has 0 spiro atoms. The zero-order valence-corrected chi connectivity index (χ0v) is 29.7. The summed E-state index contributed by atoms with van der Waals surface area (Å²) in [5, 5.41) is 8.00. The third kappa shape index (κ3) is 5.77. The van der Waals surface area contributed by atoms with Crippen molar-refractivity contribution in [3.63, 3.8) is 0 Å². The number of carbonyl (C=O) groups is 4. The summed E-state index contributed by atoms with van der Waals surface area (Å²) < 4.78 is 0. The molecule has 13 heteroatoms. The second kappa shape index (κ2) is 13.4. The Morgan fingerprint density at radius 1 is 0.436 bits per heavy atom. The van der Waals surface area contributed by atoms with Crippen LogP contribution in [0.15, 0.2) is 130 Å². The smallest absolute Gasteiger partial charge is 0.281 e. The Bertz CT molecular complexity index is 2480. The van der Waals surface area contributed by atoms with Gasteiger partial charge in [0.25, 0.3) is 29.1 Å². The highest BCUT2D eigenvalue weighted by Gasteiger charge is 2.40. The topological polar surface area (TPSA) is 141 Å². The van der Waals surface area contributed by atoms with E-state index in [-0.39, 0.29) is 29.3 Å². The first-order valence-corrected chi connectivity index (χ1v) is 18.3. The summed E-state index contributed by atoms with van der Waals surface area (Å²) in [4.78, 5) is 80.1. The number of aromatic nitrogens is 2. The zero-order valence-electron chi connectivity index (χ0n) is 28.9. The molecule has 11 rings (SSSR count). The van der Waals surface area contributed by atoms with E-state index < -0.39 is 11.0 Å². The quantitative estimate of drug-likeness (QED) is 0.229. The molecular formula is C42H28N6O6S. The van der Waals surface area contributed by atoms with Gasteiger partial charge >= 0.3 is 5.56 Å². The summed E-state index contributed by atoms with van der Waals surface area (Å²) in [6.07, 6.45) is 1.40. The molecule has 0 atom stereocenters. The lowest BCUT2D eigenvalue weighted by atomic mass is 10.2. The summed E-state index contributed by atoms with van der Waals surface area (Å²) >= 11 is 1.53. The van der Waals surface area contributed by atoms with Gasteiger partial charge in [-0.15, -0.1) is 11.3 Å². The molecule has 7 heterocycles. The van der Waals surface area contributed by atoms with E-state index in [1.807, 2.05) is 115 Å². The third-order valence-electron chi connectivity index (χ3n) is 9.74. The second-order valence-electron chi connectivity index (χ2n) is 13.1. The molecule has 55 heavy (non-hydrogen) atoms. The number of para-hydroxylation sites is 4. The molecule has 4 aromatic carbocycles. The normalized spacial score (nSPS) is 15.1. The number of hydrazine groups is 2. The molecule has 0 radical (unpaired) electrons. The number of amides is 4.